The van der Waals surface area contributed by atoms with Crippen LogP contribution in [0.1, 0.15) is 43.8 Å². The number of benzene rings is 1. The monoisotopic (exact) mass is 374 g/mol. The number of fused-ring (bicyclic) bond motifs is 1. The lowest BCUT2D eigenvalue weighted by molar-refractivity contribution is 0.0697. The number of carboxylic acids is 1. The van der Waals surface area contributed by atoms with Crippen molar-refractivity contribution in [3.63, 3.8) is 0 Å². The van der Waals surface area contributed by atoms with Crippen molar-refractivity contribution in [3.05, 3.63) is 64.6 Å². The molecule has 2 heterocycles. The summed E-state index contributed by atoms with van der Waals surface area (Å²) in [6, 6.07) is 4.34. The molecule has 2 aromatic heterocycles. The topological polar surface area (TPSA) is 114 Å². The zero-order chi connectivity index (χ0) is 19.7. The standard InChI is InChI=1S/C17H12F2N4O4/c1-8(24)14-5-13(22-15-10(17(26)27)7-21-23(14)15)16(25)20-6-9-2-3-11(18)12(19)4-9/h2-5,7H,6H2,1H3,(H,20,25)(H,26,27). The van der Waals surface area contributed by atoms with E-state index in [1.807, 2.05) is 0 Å². The molecule has 0 atom stereocenters. The van der Waals surface area contributed by atoms with Gasteiger partial charge in [-0.3, -0.25) is 9.59 Å². The molecular weight excluding hydrogens is 362 g/mol. The molecule has 3 rings (SSSR count). The first-order valence-electron chi connectivity index (χ1n) is 7.63. The number of carboxylic acid groups (broad SMARTS) is 1. The van der Waals surface area contributed by atoms with Gasteiger partial charge in [0.1, 0.15) is 17.0 Å². The Labute approximate surface area is 150 Å². The summed E-state index contributed by atoms with van der Waals surface area (Å²) in [5.41, 5.74) is -0.351. The van der Waals surface area contributed by atoms with Crippen LogP contribution in [0.5, 0.6) is 0 Å². The van der Waals surface area contributed by atoms with Crippen LogP contribution in [0.4, 0.5) is 8.78 Å². The molecule has 0 radical (unpaired) electrons. The van der Waals surface area contributed by atoms with Crippen molar-refractivity contribution in [2.45, 2.75) is 13.5 Å². The van der Waals surface area contributed by atoms with Gasteiger partial charge in [0.25, 0.3) is 5.91 Å². The number of carbonyl (C=O) groups excluding carboxylic acids is 2. The van der Waals surface area contributed by atoms with Gasteiger partial charge < -0.3 is 10.4 Å². The molecule has 1 aromatic carbocycles. The Bertz CT molecular complexity index is 1090. The van der Waals surface area contributed by atoms with E-state index in [2.05, 4.69) is 15.4 Å². The maximum atomic E-state index is 13.2. The molecule has 0 spiro atoms. The summed E-state index contributed by atoms with van der Waals surface area (Å²) in [5, 5.41) is 15.5. The molecule has 0 unspecified atom stereocenters. The average molecular weight is 374 g/mol. The predicted octanol–water partition coefficient (Wildman–Crippen LogP) is 1.84. The van der Waals surface area contributed by atoms with Crippen molar-refractivity contribution >= 4 is 23.3 Å². The summed E-state index contributed by atoms with van der Waals surface area (Å²) < 4.78 is 27.2. The van der Waals surface area contributed by atoms with Gasteiger partial charge in [-0.25, -0.2) is 23.1 Å². The van der Waals surface area contributed by atoms with Crippen LogP contribution < -0.4 is 5.32 Å². The molecule has 138 valence electrons. The zero-order valence-corrected chi connectivity index (χ0v) is 13.9. The third kappa shape index (κ3) is 3.50. The number of aromatic carboxylic acids is 1. The summed E-state index contributed by atoms with van der Waals surface area (Å²) in [4.78, 5) is 39.4. The van der Waals surface area contributed by atoms with Gasteiger partial charge in [-0.1, -0.05) is 6.07 Å². The number of Topliss-reactive ketones (excluding diaryl/α,β-unsaturated/α-hetero) is 1. The number of hydrogen-bond acceptors (Lipinski definition) is 5. The maximum absolute atomic E-state index is 13.2. The lowest BCUT2D eigenvalue weighted by Crippen LogP contribution is -2.25. The lowest BCUT2D eigenvalue weighted by Gasteiger charge is -2.08. The highest BCUT2D eigenvalue weighted by atomic mass is 19.2. The van der Waals surface area contributed by atoms with E-state index in [0.717, 1.165) is 22.8 Å². The summed E-state index contributed by atoms with van der Waals surface area (Å²) in [7, 11) is 0. The Morgan fingerprint density at radius 1 is 1.19 bits per heavy atom. The minimum atomic E-state index is -1.31. The third-order valence-corrected chi connectivity index (χ3v) is 3.73. The first kappa shape index (κ1) is 18.1. The van der Waals surface area contributed by atoms with E-state index < -0.39 is 29.3 Å². The SMILES string of the molecule is CC(=O)c1cc(C(=O)NCc2ccc(F)c(F)c2)nc2c(C(=O)O)cnn12. The first-order valence-corrected chi connectivity index (χ1v) is 7.63. The fourth-order valence-corrected chi connectivity index (χ4v) is 2.40. The van der Waals surface area contributed by atoms with E-state index in [0.29, 0.717) is 5.56 Å². The second-order valence-electron chi connectivity index (χ2n) is 5.61. The van der Waals surface area contributed by atoms with E-state index >= 15 is 0 Å². The van der Waals surface area contributed by atoms with E-state index in [4.69, 9.17) is 0 Å². The van der Waals surface area contributed by atoms with Crippen molar-refractivity contribution in [3.8, 4) is 0 Å². The molecule has 1 amide bonds. The molecule has 0 aliphatic carbocycles. The van der Waals surface area contributed by atoms with Gasteiger partial charge in [-0.05, 0) is 23.8 Å². The largest absolute Gasteiger partial charge is 0.477 e. The molecule has 10 heteroatoms. The summed E-state index contributed by atoms with van der Waals surface area (Å²) >= 11 is 0. The lowest BCUT2D eigenvalue weighted by atomic mass is 10.2. The highest BCUT2D eigenvalue weighted by Gasteiger charge is 2.20. The number of nitrogens with zero attached hydrogens (tertiary/aromatic N) is 3. The first-order chi connectivity index (χ1) is 12.8. The summed E-state index contributed by atoms with van der Waals surface area (Å²) in [6.07, 6.45) is 1.03. The maximum Gasteiger partial charge on any atom is 0.341 e. The van der Waals surface area contributed by atoms with Crippen LogP contribution in [0.15, 0.2) is 30.5 Å². The van der Waals surface area contributed by atoms with Gasteiger partial charge in [0.2, 0.25) is 0 Å². The van der Waals surface area contributed by atoms with E-state index in [1.165, 1.54) is 19.1 Å². The van der Waals surface area contributed by atoms with Gasteiger partial charge in [0, 0.05) is 13.5 Å². The van der Waals surface area contributed by atoms with Gasteiger partial charge in [-0.2, -0.15) is 5.10 Å². The second-order valence-corrected chi connectivity index (χ2v) is 5.61. The number of hydrogen-bond donors (Lipinski definition) is 2. The Hall–Kier alpha value is -3.69. The smallest absolute Gasteiger partial charge is 0.341 e. The number of rotatable bonds is 5. The van der Waals surface area contributed by atoms with Crippen molar-refractivity contribution in [1.29, 1.82) is 0 Å². The van der Waals surface area contributed by atoms with Crippen LogP contribution in [-0.2, 0) is 6.54 Å². The molecule has 8 nitrogen and oxygen atoms in total. The van der Waals surface area contributed by atoms with Gasteiger partial charge in [0.15, 0.2) is 23.1 Å². The van der Waals surface area contributed by atoms with Gasteiger partial charge in [0.05, 0.1) is 6.20 Å². The van der Waals surface area contributed by atoms with Crippen LogP contribution in [0.2, 0.25) is 0 Å². The second kappa shape index (κ2) is 6.90. The molecular formula is C17H12F2N4O4. The Balaban J connectivity index is 1.93. The normalized spacial score (nSPS) is 10.8. The van der Waals surface area contributed by atoms with Crippen LogP contribution in [0.25, 0.3) is 5.65 Å². The van der Waals surface area contributed by atoms with Crippen LogP contribution >= 0.6 is 0 Å². The quantitative estimate of drug-likeness (QED) is 0.659. The fraction of sp³-hybridized carbons (Fsp3) is 0.118. The van der Waals surface area contributed by atoms with Crippen molar-refractivity contribution in [1.82, 2.24) is 19.9 Å². The Morgan fingerprint density at radius 3 is 2.56 bits per heavy atom. The molecule has 27 heavy (non-hydrogen) atoms. The van der Waals surface area contributed by atoms with Crippen LogP contribution in [0, 0.1) is 11.6 Å². The fourth-order valence-electron chi connectivity index (χ4n) is 2.40. The molecule has 0 aliphatic rings. The van der Waals surface area contributed by atoms with Crippen LogP contribution in [0.3, 0.4) is 0 Å². The Kier molecular flexibility index (Phi) is 4.63. The van der Waals surface area contributed by atoms with Crippen molar-refractivity contribution in [2.24, 2.45) is 0 Å². The molecule has 0 saturated heterocycles. The zero-order valence-electron chi connectivity index (χ0n) is 13.9. The number of aromatic nitrogens is 3. The number of nitrogens with one attached hydrogen (secondary N) is 1. The molecule has 0 aliphatic heterocycles. The molecule has 0 saturated carbocycles. The highest BCUT2D eigenvalue weighted by molar-refractivity contribution is 6.00. The van der Waals surface area contributed by atoms with E-state index in [-0.39, 0.29) is 29.1 Å². The van der Waals surface area contributed by atoms with Crippen molar-refractivity contribution in [2.75, 3.05) is 0 Å². The van der Waals surface area contributed by atoms with Crippen LogP contribution in [-0.4, -0.2) is 37.4 Å². The minimum absolute atomic E-state index is 0.0227. The number of amides is 1. The third-order valence-electron chi connectivity index (χ3n) is 3.73. The Morgan fingerprint density at radius 2 is 1.93 bits per heavy atom. The van der Waals surface area contributed by atoms with Gasteiger partial charge in [-0.15, -0.1) is 0 Å². The average Bonchev–Trinajstić information content (AvgIpc) is 3.05. The minimum Gasteiger partial charge on any atom is -0.477 e. The van der Waals surface area contributed by atoms with E-state index in [1.54, 1.807) is 0 Å². The molecule has 2 N–H and O–H groups in total. The molecule has 0 fully saturated rings. The highest BCUT2D eigenvalue weighted by Crippen LogP contribution is 2.14. The summed E-state index contributed by atoms with van der Waals surface area (Å²) in [6.45, 7) is 1.11. The molecule has 0 bridgehead atoms. The number of halogens is 2. The van der Waals surface area contributed by atoms with Crippen molar-refractivity contribution < 1.29 is 28.3 Å². The summed E-state index contributed by atoms with van der Waals surface area (Å²) in [5.74, 6) is -4.54. The predicted molar refractivity (Wildman–Crippen MR) is 87.5 cm³/mol. The van der Waals surface area contributed by atoms with E-state index in [9.17, 15) is 28.3 Å². The molecule has 3 aromatic rings. The van der Waals surface area contributed by atoms with Gasteiger partial charge >= 0.3 is 5.97 Å². The number of carbonyl (C=O) groups is 3. The number of ketones is 1.